The minimum Gasteiger partial charge on any atom is -0.496 e. The fourth-order valence-corrected chi connectivity index (χ4v) is 4.34. The number of fused-ring (bicyclic) bond motifs is 1. The highest BCUT2D eigenvalue weighted by Crippen LogP contribution is 2.37. The minimum atomic E-state index is -0.363. The SMILES string of the molecule is COc1ccc(F)cc1-c1ccc(C(=O)N2CCCCC(C(N)=O)C2)c2ccccc12. The molecule has 0 bridgehead atoms. The second-order valence-corrected chi connectivity index (χ2v) is 7.90. The Kier molecular flexibility index (Phi) is 5.89. The van der Waals surface area contributed by atoms with Crippen molar-refractivity contribution in [2.75, 3.05) is 20.2 Å². The summed E-state index contributed by atoms with van der Waals surface area (Å²) in [6.07, 6.45) is 2.42. The van der Waals surface area contributed by atoms with E-state index in [4.69, 9.17) is 10.5 Å². The van der Waals surface area contributed by atoms with Crippen molar-refractivity contribution in [3.8, 4) is 16.9 Å². The molecule has 1 aliphatic heterocycles. The molecule has 0 aliphatic carbocycles. The van der Waals surface area contributed by atoms with Crippen molar-refractivity contribution in [3.05, 3.63) is 66.0 Å². The summed E-state index contributed by atoms with van der Waals surface area (Å²) in [5.41, 5.74) is 7.50. The Balaban J connectivity index is 1.79. The molecule has 1 atom stereocenters. The minimum absolute atomic E-state index is 0.123. The molecule has 31 heavy (non-hydrogen) atoms. The lowest BCUT2D eigenvalue weighted by molar-refractivity contribution is -0.122. The van der Waals surface area contributed by atoms with Crippen LogP contribution in [0.5, 0.6) is 5.75 Å². The summed E-state index contributed by atoms with van der Waals surface area (Å²) in [6.45, 7) is 0.929. The summed E-state index contributed by atoms with van der Waals surface area (Å²) in [5.74, 6) is -0.613. The Morgan fingerprint density at radius 3 is 2.55 bits per heavy atom. The zero-order valence-electron chi connectivity index (χ0n) is 17.4. The Morgan fingerprint density at radius 1 is 1.03 bits per heavy atom. The first-order valence-electron chi connectivity index (χ1n) is 10.4. The summed E-state index contributed by atoms with van der Waals surface area (Å²) in [4.78, 5) is 26.9. The Labute approximate surface area is 180 Å². The van der Waals surface area contributed by atoms with Crippen molar-refractivity contribution >= 4 is 22.6 Å². The van der Waals surface area contributed by atoms with Gasteiger partial charge in [0.2, 0.25) is 5.91 Å². The van der Waals surface area contributed by atoms with Crippen LogP contribution in [0.2, 0.25) is 0 Å². The summed E-state index contributed by atoms with van der Waals surface area (Å²) < 4.78 is 19.4. The second-order valence-electron chi connectivity index (χ2n) is 7.90. The molecule has 6 heteroatoms. The average Bonchev–Trinajstić information content (AvgIpc) is 3.04. The summed E-state index contributed by atoms with van der Waals surface area (Å²) in [7, 11) is 1.55. The Morgan fingerprint density at radius 2 is 1.81 bits per heavy atom. The molecule has 2 amide bonds. The molecule has 1 aliphatic rings. The number of methoxy groups -OCH3 is 1. The van der Waals surface area contributed by atoms with E-state index in [1.165, 1.54) is 12.1 Å². The summed E-state index contributed by atoms with van der Waals surface area (Å²) in [5, 5.41) is 1.61. The monoisotopic (exact) mass is 420 g/mol. The molecule has 5 nitrogen and oxygen atoms in total. The number of carbonyl (C=O) groups excluding carboxylic acids is 2. The number of amides is 2. The third-order valence-electron chi connectivity index (χ3n) is 5.97. The summed E-state index contributed by atoms with van der Waals surface area (Å²) >= 11 is 0. The number of carbonyl (C=O) groups is 2. The highest BCUT2D eigenvalue weighted by atomic mass is 19.1. The third-order valence-corrected chi connectivity index (χ3v) is 5.97. The fraction of sp³-hybridized carbons (Fsp3) is 0.280. The fourth-order valence-electron chi connectivity index (χ4n) is 4.34. The topological polar surface area (TPSA) is 72.6 Å². The van der Waals surface area contributed by atoms with Gasteiger partial charge in [0, 0.05) is 24.2 Å². The normalized spacial score (nSPS) is 16.7. The van der Waals surface area contributed by atoms with Gasteiger partial charge < -0.3 is 15.4 Å². The molecule has 4 rings (SSSR count). The Bertz CT molecular complexity index is 1140. The van der Waals surface area contributed by atoms with Crippen LogP contribution in [0.25, 0.3) is 21.9 Å². The molecule has 3 aromatic carbocycles. The van der Waals surface area contributed by atoms with Gasteiger partial charge in [0.25, 0.3) is 5.91 Å². The van der Waals surface area contributed by atoms with Gasteiger partial charge in [-0.3, -0.25) is 9.59 Å². The molecule has 0 spiro atoms. The van der Waals surface area contributed by atoms with Gasteiger partial charge >= 0.3 is 0 Å². The van der Waals surface area contributed by atoms with Crippen molar-refractivity contribution in [2.45, 2.75) is 19.3 Å². The van der Waals surface area contributed by atoms with Crippen LogP contribution in [0.15, 0.2) is 54.6 Å². The Hall–Kier alpha value is -3.41. The zero-order chi connectivity index (χ0) is 22.0. The standard InChI is InChI=1S/C25H25FN2O3/c1-31-23-12-9-17(26)14-22(23)20-10-11-21(19-8-3-2-7-18(19)20)25(30)28-13-5-4-6-16(15-28)24(27)29/h2-3,7-12,14,16H,4-6,13,15H2,1H3,(H2,27,29). The van der Waals surface area contributed by atoms with Gasteiger partial charge in [-0.15, -0.1) is 0 Å². The van der Waals surface area contributed by atoms with E-state index in [9.17, 15) is 14.0 Å². The third kappa shape index (κ3) is 4.10. The number of hydrogen-bond donors (Lipinski definition) is 1. The lowest BCUT2D eigenvalue weighted by Crippen LogP contribution is -2.38. The van der Waals surface area contributed by atoms with E-state index in [1.54, 1.807) is 24.1 Å². The van der Waals surface area contributed by atoms with E-state index in [-0.39, 0.29) is 23.5 Å². The van der Waals surface area contributed by atoms with Crippen LogP contribution in [0.4, 0.5) is 4.39 Å². The van der Waals surface area contributed by atoms with Gasteiger partial charge in [0.1, 0.15) is 11.6 Å². The number of likely N-dealkylation sites (tertiary alicyclic amines) is 1. The maximum absolute atomic E-state index is 14.0. The number of primary amides is 1. The zero-order valence-corrected chi connectivity index (χ0v) is 17.4. The van der Waals surface area contributed by atoms with Gasteiger partial charge in [-0.2, -0.15) is 0 Å². The number of rotatable bonds is 4. The van der Waals surface area contributed by atoms with Crippen molar-refractivity contribution in [1.29, 1.82) is 0 Å². The van der Waals surface area contributed by atoms with Crippen LogP contribution in [0, 0.1) is 11.7 Å². The van der Waals surface area contributed by atoms with E-state index < -0.39 is 0 Å². The largest absolute Gasteiger partial charge is 0.496 e. The van der Waals surface area contributed by atoms with E-state index >= 15 is 0 Å². The molecule has 160 valence electrons. The number of ether oxygens (including phenoxy) is 1. The number of benzene rings is 3. The predicted octanol–water partition coefficient (Wildman–Crippen LogP) is 4.38. The number of halogens is 1. The van der Waals surface area contributed by atoms with Crippen LogP contribution in [0.1, 0.15) is 29.6 Å². The lowest BCUT2D eigenvalue weighted by Gasteiger charge is -2.24. The molecular formula is C25H25FN2O3. The maximum Gasteiger partial charge on any atom is 0.254 e. The molecule has 1 saturated heterocycles. The maximum atomic E-state index is 14.0. The highest BCUT2D eigenvalue weighted by molar-refractivity contribution is 6.11. The van der Waals surface area contributed by atoms with Crippen LogP contribution in [0.3, 0.4) is 0 Å². The molecule has 0 aromatic heterocycles. The molecule has 0 radical (unpaired) electrons. The molecule has 2 N–H and O–H groups in total. The van der Waals surface area contributed by atoms with Crippen LogP contribution < -0.4 is 10.5 Å². The van der Waals surface area contributed by atoms with Crippen LogP contribution in [-0.4, -0.2) is 36.9 Å². The summed E-state index contributed by atoms with van der Waals surface area (Å²) in [6, 6.07) is 15.6. The first-order valence-corrected chi connectivity index (χ1v) is 10.4. The van der Waals surface area contributed by atoms with Gasteiger partial charge in [-0.1, -0.05) is 36.8 Å². The molecule has 1 heterocycles. The number of hydrogen-bond acceptors (Lipinski definition) is 3. The van der Waals surface area contributed by atoms with E-state index in [0.29, 0.717) is 36.4 Å². The number of nitrogens with two attached hydrogens (primary N) is 1. The lowest BCUT2D eigenvalue weighted by atomic mass is 9.93. The first kappa shape index (κ1) is 20.8. The van der Waals surface area contributed by atoms with Gasteiger partial charge in [-0.25, -0.2) is 4.39 Å². The van der Waals surface area contributed by atoms with Crippen LogP contribution >= 0.6 is 0 Å². The second kappa shape index (κ2) is 8.76. The van der Waals surface area contributed by atoms with E-state index in [2.05, 4.69) is 0 Å². The molecule has 0 saturated carbocycles. The van der Waals surface area contributed by atoms with E-state index in [0.717, 1.165) is 29.2 Å². The predicted molar refractivity (Wildman–Crippen MR) is 118 cm³/mol. The van der Waals surface area contributed by atoms with Crippen molar-refractivity contribution in [2.24, 2.45) is 11.7 Å². The number of nitrogens with zero attached hydrogens (tertiary/aromatic N) is 1. The van der Waals surface area contributed by atoms with Crippen molar-refractivity contribution in [1.82, 2.24) is 4.90 Å². The molecular weight excluding hydrogens is 395 g/mol. The van der Waals surface area contributed by atoms with Gasteiger partial charge in [0.05, 0.1) is 13.0 Å². The first-order chi connectivity index (χ1) is 15.0. The van der Waals surface area contributed by atoms with Gasteiger partial charge in [-0.05, 0) is 53.4 Å². The van der Waals surface area contributed by atoms with Crippen LogP contribution in [-0.2, 0) is 4.79 Å². The van der Waals surface area contributed by atoms with Gasteiger partial charge in [0.15, 0.2) is 0 Å². The highest BCUT2D eigenvalue weighted by Gasteiger charge is 2.27. The quantitative estimate of drug-likeness (QED) is 0.681. The van der Waals surface area contributed by atoms with Crippen molar-refractivity contribution in [3.63, 3.8) is 0 Å². The molecule has 3 aromatic rings. The van der Waals surface area contributed by atoms with Crippen molar-refractivity contribution < 1.29 is 18.7 Å². The van der Waals surface area contributed by atoms with E-state index in [1.807, 2.05) is 30.3 Å². The smallest absolute Gasteiger partial charge is 0.254 e. The molecule has 1 unspecified atom stereocenters. The average molecular weight is 420 g/mol. The molecule has 1 fully saturated rings.